The van der Waals surface area contributed by atoms with Gasteiger partial charge < -0.3 is 19.2 Å². The maximum absolute atomic E-state index is 12.7. The normalized spacial score (nSPS) is 10.8. The number of carbonyl (C=O) groups excluding carboxylic acids is 2. The first-order valence-corrected chi connectivity index (χ1v) is 10.4. The molecule has 2 aromatic heterocycles. The number of hydrogen-bond acceptors (Lipinski definition) is 7. The molecule has 31 heavy (non-hydrogen) atoms. The lowest BCUT2D eigenvalue weighted by molar-refractivity contribution is 0.0470. The minimum absolute atomic E-state index is 0.151. The molecule has 158 valence electrons. The number of esters is 1. The molecule has 0 fully saturated rings. The molecule has 0 unspecified atom stereocenters. The highest BCUT2D eigenvalue weighted by atomic mass is 32.1. The van der Waals surface area contributed by atoms with Crippen molar-refractivity contribution in [2.45, 2.75) is 6.92 Å². The number of benzene rings is 2. The molecule has 0 amide bonds. The third-order valence-electron chi connectivity index (χ3n) is 4.85. The molecule has 0 spiro atoms. The fraction of sp³-hybridized carbons (Fsp3) is 0.174. The topological polar surface area (TPSA) is 90.5 Å². The molecule has 0 aliphatic heterocycles. The summed E-state index contributed by atoms with van der Waals surface area (Å²) in [6, 6.07) is 12.9. The first-order chi connectivity index (χ1) is 15.0. The van der Waals surface area contributed by atoms with Gasteiger partial charge in [0.1, 0.15) is 5.01 Å². The van der Waals surface area contributed by atoms with E-state index in [4.69, 9.17) is 14.2 Å². The number of aryl methyl sites for hydroxylation is 1. The van der Waals surface area contributed by atoms with Crippen LogP contribution in [0.4, 0.5) is 0 Å². The Morgan fingerprint density at radius 3 is 2.61 bits per heavy atom. The van der Waals surface area contributed by atoms with Crippen LogP contribution in [0, 0.1) is 6.92 Å². The number of carbonyl (C=O) groups is 2. The molecule has 4 aromatic rings. The smallest absolute Gasteiger partial charge is 0.358 e. The summed E-state index contributed by atoms with van der Waals surface area (Å²) in [6.45, 7) is 1.47. The standard InChI is InChI=1S/C23H20N2O5S/c1-13-21(15-6-4-5-7-16(15)24-13)18(26)11-30-23(27)17-12-31-22(25-17)14-8-9-19(28-2)20(10-14)29-3/h4-10,12,24H,11H2,1-3H3. The van der Waals surface area contributed by atoms with E-state index < -0.39 is 5.97 Å². The third kappa shape index (κ3) is 4.02. The maximum Gasteiger partial charge on any atom is 0.358 e. The first-order valence-electron chi connectivity index (χ1n) is 9.47. The molecule has 0 radical (unpaired) electrons. The van der Waals surface area contributed by atoms with Gasteiger partial charge in [-0.2, -0.15) is 0 Å². The predicted molar refractivity (Wildman–Crippen MR) is 118 cm³/mol. The summed E-state index contributed by atoms with van der Waals surface area (Å²) in [5.41, 5.74) is 3.08. The molecule has 0 atom stereocenters. The van der Waals surface area contributed by atoms with Crippen molar-refractivity contribution in [2.24, 2.45) is 0 Å². The second-order valence-corrected chi connectivity index (χ2v) is 7.64. The van der Waals surface area contributed by atoms with Crippen molar-refractivity contribution in [3.8, 4) is 22.1 Å². The van der Waals surface area contributed by atoms with Crippen LogP contribution in [0.15, 0.2) is 47.8 Å². The van der Waals surface area contributed by atoms with Crippen LogP contribution in [0.25, 0.3) is 21.5 Å². The van der Waals surface area contributed by atoms with Crippen LogP contribution in [-0.4, -0.2) is 42.5 Å². The van der Waals surface area contributed by atoms with E-state index in [1.54, 1.807) is 31.7 Å². The van der Waals surface area contributed by atoms with E-state index in [0.29, 0.717) is 22.1 Å². The van der Waals surface area contributed by atoms with Crippen LogP contribution in [0.2, 0.25) is 0 Å². The van der Waals surface area contributed by atoms with E-state index in [2.05, 4.69) is 9.97 Å². The van der Waals surface area contributed by atoms with Gasteiger partial charge in [0.25, 0.3) is 0 Å². The van der Waals surface area contributed by atoms with Gasteiger partial charge in [0, 0.05) is 33.1 Å². The highest BCUT2D eigenvalue weighted by Gasteiger charge is 2.20. The summed E-state index contributed by atoms with van der Waals surface area (Å²) < 4.78 is 15.8. The van der Waals surface area contributed by atoms with Crippen molar-refractivity contribution in [3.05, 3.63) is 64.8 Å². The third-order valence-corrected chi connectivity index (χ3v) is 5.74. The van der Waals surface area contributed by atoms with Gasteiger partial charge >= 0.3 is 5.97 Å². The number of rotatable bonds is 7. The number of Topliss-reactive ketones (excluding diaryl/α,β-unsaturated/α-hetero) is 1. The average Bonchev–Trinajstić information content (AvgIpc) is 3.41. The van der Waals surface area contributed by atoms with Crippen LogP contribution in [0.1, 0.15) is 26.5 Å². The number of fused-ring (bicyclic) bond motifs is 1. The van der Waals surface area contributed by atoms with Crippen molar-refractivity contribution in [1.82, 2.24) is 9.97 Å². The number of hydrogen-bond donors (Lipinski definition) is 1. The lowest BCUT2D eigenvalue weighted by Crippen LogP contribution is -2.15. The number of methoxy groups -OCH3 is 2. The van der Waals surface area contributed by atoms with E-state index in [0.717, 1.165) is 22.2 Å². The summed E-state index contributed by atoms with van der Waals surface area (Å²) in [7, 11) is 3.12. The van der Waals surface area contributed by atoms with Crippen LogP contribution in [-0.2, 0) is 4.74 Å². The van der Waals surface area contributed by atoms with Gasteiger partial charge in [-0.05, 0) is 31.2 Å². The van der Waals surface area contributed by atoms with Gasteiger partial charge in [-0.15, -0.1) is 11.3 Å². The zero-order valence-electron chi connectivity index (χ0n) is 17.2. The Kier molecular flexibility index (Phi) is 5.73. The monoisotopic (exact) mass is 436 g/mol. The fourth-order valence-electron chi connectivity index (χ4n) is 3.38. The van der Waals surface area contributed by atoms with E-state index in [1.165, 1.54) is 11.3 Å². The Balaban J connectivity index is 1.47. The summed E-state index contributed by atoms with van der Waals surface area (Å²) in [6.07, 6.45) is 0. The summed E-state index contributed by atoms with van der Waals surface area (Å²) >= 11 is 1.30. The Labute approximate surface area is 182 Å². The average molecular weight is 436 g/mol. The Hall–Kier alpha value is -3.65. The predicted octanol–water partition coefficient (Wildman–Crippen LogP) is 4.66. The Bertz CT molecular complexity index is 1270. The molecule has 0 saturated heterocycles. The molecule has 0 saturated carbocycles. The van der Waals surface area contributed by atoms with E-state index in [1.807, 2.05) is 37.3 Å². The van der Waals surface area contributed by atoms with Gasteiger partial charge in [0.2, 0.25) is 5.78 Å². The quantitative estimate of drug-likeness (QED) is 0.335. The molecule has 8 heteroatoms. The Morgan fingerprint density at radius 1 is 1.06 bits per heavy atom. The molecule has 2 heterocycles. The largest absolute Gasteiger partial charge is 0.493 e. The lowest BCUT2D eigenvalue weighted by Gasteiger charge is -2.08. The minimum Gasteiger partial charge on any atom is -0.493 e. The second kappa shape index (κ2) is 8.61. The number of nitrogens with zero attached hydrogens (tertiary/aromatic N) is 1. The zero-order chi connectivity index (χ0) is 22.0. The summed E-state index contributed by atoms with van der Waals surface area (Å²) in [4.78, 5) is 32.7. The van der Waals surface area contributed by atoms with Gasteiger partial charge in [0.15, 0.2) is 23.8 Å². The maximum atomic E-state index is 12.7. The molecular formula is C23H20N2O5S. The number of ether oxygens (including phenoxy) is 3. The van der Waals surface area contributed by atoms with Crippen LogP contribution in [0.3, 0.4) is 0 Å². The van der Waals surface area contributed by atoms with Crippen molar-refractivity contribution in [1.29, 1.82) is 0 Å². The molecule has 0 aliphatic carbocycles. The number of H-pyrrole nitrogens is 1. The Morgan fingerprint density at radius 2 is 1.84 bits per heavy atom. The lowest BCUT2D eigenvalue weighted by atomic mass is 10.1. The molecule has 4 rings (SSSR count). The van der Waals surface area contributed by atoms with Crippen molar-refractivity contribution >= 4 is 34.0 Å². The van der Waals surface area contributed by atoms with Gasteiger partial charge in [-0.3, -0.25) is 4.79 Å². The molecule has 2 aromatic carbocycles. The van der Waals surface area contributed by atoms with Crippen LogP contribution in [0.5, 0.6) is 11.5 Å². The van der Waals surface area contributed by atoms with Crippen LogP contribution >= 0.6 is 11.3 Å². The minimum atomic E-state index is -0.645. The van der Waals surface area contributed by atoms with Gasteiger partial charge in [-0.1, -0.05) is 18.2 Å². The highest BCUT2D eigenvalue weighted by molar-refractivity contribution is 7.13. The number of ketones is 1. The zero-order valence-corrected chi connectivity index (χ0v) is 18.0. The van der Waals surface area contributed by atoms with E-state index in [-0.39, 0.29) is 18.1 Å². The van der Waals surface area contributed by atoms with Crippen LogP contribution < -0.4 is 9.47 Å². The van der Waals surface area contributed by atoms with Crippen molar-refractivity contribution in [3.63, 3.8) is 0 Å². The first kappa shape index (κ1) is 20.6. The molecule has 0 aliphatic rings. The number of aromatic nitrogens is 2. The second-order valence-electron chi connectivity index (χ2n) is 6.78. The molecule has 1 N–H and O–H groups in total. The van der Waals surface area contributed by atoms with Gasteiger partial charge in [-0.25, -0.2) is 9.78 Å². The molecule has 0 bridgehead atoms. The summed E-state index contributed by atoms with van der Waals surface area (Å²) in [5, 5.41) is 3.05. The SMILES string of the molecule is COc1ccc(-c2nc(C(=O)OCC(=O)c3c(C)[nH]c4ccccc34)cs2)cc1OC. The van der Waals surface area contributed by atoms with E-state index >= 15 is 0 Å². The number of thiazole rings is 1. The van der Waals surface area contributed by atoms with Crippen molar-refractivity contribution < 1.29 is 23.8 Å². The fourth-order valence-corrected chi connectivity index (χ4v) is 4.17. The summed E-state index contributed by atoms with van der Waals surface area (Å²) in [5.74, 6) is 0.264. The number of para-hydroxylation sites is 1. The number of nitrogens with one attached hydrogen (secondary N) is 1. The number of aromatic amines is 1. The molecule has 7 nitrogen and oxygen atoms in total. The van der Waals surface area contributed by atoms with Gasteiger partial charge in [0.05, 0.1) is 14.2 Å². The van der Waals surface area contributed by atoms with E-state index in [9.17, 15) is 9.59 Å². The highest BCUT2D eigenvalue weighted by Crippen LogP contribution is 2.33. The van der Waals surface area contributed by atoms with Crippen molar-refractivity contribution in [2.75, 3.05) is 20.8 Å². The molecular weight excluding hydrogens is 416 g/mol.